The lowest BCUT2D eigenvalue weighted by Crippen LogP contribution is -2.29. The Kier molecular flexibility index (Phi) is 8.33. The number of hydrogen-bond donors (Lipinski definition) is 3. The van der Waals surface area contributed by atoms with Crippen molar-refractivity contribution in [2.75, 3.05) is 30.9 Å². The molecule has 2 amide bonds. The Morgan fingerprint density at radius 3 is 2.34 bits per heavy atom. The number of nitrogens with one attached hydrogen (secondary N) is 2. The summed E-state index contributed by atoms with van der Waals surface area (Å²) in [6.07, 6.45) is 0.912. The van der Waals surface area contributed by atoms with Gasteiger partial charge in [-0.25, -0.2) is 0 Å². The lowest BCUT2D eigenvalue weighted by molar-refractivity contribution is -0.115. The Bertz CT molecular complexity index is 1040. The fourth-order valence-electron chi connectivity index (χ4n) is 3.02. The summed E-state index contributed by atoms with van der Waals surface area (Å²) in [5.41, 5.74) is 9.06. The Morgan fingerprint density at radius 2 is 1.72 bits per heavy atom. The van der Waals surface area contributed by atoms with Crippen LogP contribution in [0.15, 0.2) is 64.8 Å². The number of carbonyl (C=O) groups is 2. The van der Waals surface area contributed by atoms with Gasteiger partial charge < -0.3 is 21.1 Å². The van der Waals surface area contributed by atoms with Gasteiger partial charge in [-0.2, -0.15) is 0 Å². The van der Waals surface area contributed by atoms with Gasteiger partial charge in [-0.15, -0.1) is 0 Å². The van der Waals surface area contributed by atoms with Crippen molar-refractivity contribution < 1.29 is 14.3 Å². The predicted molar refractivity (Wildman–Crippen MR) is 131 cm³/mol. The van der Waals surface area contributed by atoms with Crippen LogP contribution in [0.3, 0.4) is 0 Å². The van der Waals surface area contributed by atoms with E-state index in [1.807, 2.05) is 24.3 Å². The van der Waals surface area contributed by atoms with Crippen LogP contribution in [0.5, 0.6) is 0 Å². The maximum absolute atomic E-state index is 13.0. The maximum Gasteiger partial charge on any atom is 0.260 e. The van der Waals surface area contributed by atoms with E-state index in [1.165, 1.54) is 5.56 Å². The van der Waals surface area contributed by atoms with E-state index in [2.05, 4.69) is 22.5 Å². The first kappa shape index (κ1) is 23.8. The number of ether oxygens (including phenoxy) is 1. The van der Waals surface area contributed by atoms with Crippen molar-refractivity contribution >= 4 is 51.6 Å². The van der Waals surface area contributed by atoms with Gasteiger partial charge in [0.25, 0.3) is 5.91 Å². The van der Waals surface area contributed by atoms with Crippen LogP contribution in [0.4, 0.5) is 11.4 Å². The second kappa shape index (κ2) is 11.2. The molecule has 0 bridgehead atoms. The predicted octanol–water partition coefficient (Wildman–Crippen LogP) is 3.85. The first-order chi connectivity index (χ1) is 15.4. The average Bonchev–Trinajstić information content (AvgIpc) is 3.12. The largest absolute Gasteiger partial charge is 0.400 e. The van der Waals surface area contributed by atoms with Crippen molar-refractivity contribution in [2.24, 2.45) is 10.7 Å². The highest BCUT2D eigenvalue weighted by molar-refractivity contribution is 8.16. The monoisotopic (exact) mass is 472 g/mol. The van der Waals surface area contributed by atoms with Crippen LogP contribution in [0.2, 0.25) is 5.02 Å². The van der Waals surface area contributed by atoms with E-state index < -0.39 is 11.2 Å². The number of thioether (sulfide) groups is 1. The molecule has 1 aliphatic rings. The summed E-state index contributed by atoms with van der Waals surface area (Å²) in [6.45, 7) is 2.79. The number of aliphatic imine (C=N–C) groups is 1. The zero-order chi connectivity index (χ0) is 23.1. The summed E-state index contributed by atoms with van der Waals surface area (Å²) in [7, 11) is 1.57. The third kappa shape index (κ3) is 5.91. The molecule has 168 valence electrons. The minimum Gasteiger partial charge on any atom is -0.400 e. The third-order valence-electron chi connectivity index (χ3n) is 4.76. The Labute approximate surface area is 196 Å². The van der Waals surface area contributed by atoms with Gasteiger partial charge in [0.05, 0.1) is 18.7 Å². The molecule has 32 heavy (non-hydrogen) atoms. The lowest BCUT2D eigenvalue weighted by Gasteiger charge is -2.12. The summed E-state index contributed by atoms with van der Waals surface area (Å²) in [4.78, 5) is 30.4. The average molecular weight is 473 g/mol. The van der Waals surface area contributed by atoms with Crippen LogP contribution in [-0.4, -0.2) is 42.4 Å². The molecule has 1 aliphatic heterocycles. The van der Waals surface area contributed by atoms with Crippen molar-refractivity contribution in [3.8, 4) is 0 Å². The quantitative estimate of drug-likeness (QED) is 0.506. The Hall–Kier alpha value is -2.81. The molecule has 0 saturated carbocycles. The van der Waals surface area contributed by atoms with E-state index >= 15 is 0 Å². The van der Waals surface area contributed by atoms with Crippen LogP contribution in [-0.2, 0) is 20.7 Å². The normalized spacial score (nSPS) is 17.0. The molecule has 3 rings (SSSR count). The molecule has 2 aromatic carbocycles. The number of aryl methyl sites for hydroxylation is 1. The molecule has 0 spiro atoms. The highest BCUT2D eigenvalue weighted by Gasteiger charge is 2.38. The van der Waals surface area contributed by atoms with Gasteiger partial charge in [-0.3, -0.25) is 14.6 Å². The summed E-state index contributed by atoms with van der Waals surface area (Å²) in [5, 5.41) is 5.86. The van der Waals surface area contributed by atoms with Crippen molar-refractivity contribution in [3.63, 3.8) is 0 Å². The van der Waals surface area contributed by atoms with Gasteiger partial charge in [-0.05, 0) is 48.4 Å². The maximum atomic E-state index is 13.0. The van der Waals surface area contributed by atoms with E-state index in [0.717, 1.165) is 18.2 Å². The highest BCUT2D eigenvalue weighted by Crippen LogP contribution is 2.34. The third-order valence-corrected chi connectivity index (χ3v) is 6.27. The van der Waals surface area contributed by atoms with Crippen LogP contribution in [0.1, 0.15) is 12.5 Å². The van der Waals surface area contributed by atoms with Gasteiger partial charge in [0.1, 0.15) is 10.3 Å². The summed E-state index contributed by atoms with van der Waals surface area (Å²) >= 11 is 7.06. The fourth-order valence-corrected chi connectivity index (χ4v) is 4.28. The molecule has 0 aromatic heterocycles. The molecule has 4 N–H and O–H groups in total. The second-order valence-electron chi connectivity index (χ2n) is 7.01. The van der Waals surface area contributed by atoms with Crippen molar-refractivity contribution in [1.29, 1.82) is 0 Å². The highest BCUT2D eigenvalue weighted by atomic mass is 35.5. The summed E-state index contributed by atoms with van der Waals surface area (Å²) in [5.74, 6) is -0.749. The molecule has 9 heteroatoms. The van der Waals surface area contributed by atoms with Gasteiger partial charge >= 0.3 is 0 Å². The van der Waals surface area contributed by atoms with Gasteiger partial charge in [0.15, 0.2) is 0 Å². The number of halogens is 1. The molecule has 2 aromatic rings. The van der Waals surface area contributed by atoms with Gasteiger partial charge in [-0.1, -0.05) is 42.4 Å². The summed E-state index contributed by atoms with van der Waals surface area (Å²) in [6, 6.07) is 14.3. The van der Waals surface area contributed by atoms with Crippen molar-refractivity contribution in [2.45, 2.75) is 18.6 Å². The van der Waals surface area contributed by atoms with E-state index in [9.17, 15) is 9.59 Å². The van der Waals surface area contributed by atoms with E-state index in [4.69, 9.17) is 22.1 Å². The molecule has 0 aliphatic carbocycles. The number of carbonyl (C=O) groups excluding carboxylic acids is 2. The second-order valence-corrected chi connectivity index (χ2v) is 8.54. The zero-order valence-corrected chi connectivity index (χ0v) is 19.4. The van der Waals surface area contributed by atoms with E-state index in [1.54, 1.807) is 31.4 Å². The van der Waals surface area contributed by atoms with Gasteiger partial charge in [0.2, 0.25) is 5.91 Å². The number of anilines is 2. The van der Waals surface area contributed by atoms with Crippen molar-refractivity contribution in [3.05, 3.63) is 70.4 Å². The molecule has 0 fully saturated rings. The number of amides is 2. The number of nitrogens with zero attached hydrogens (tertiary/aromatic N) is 1. The molecular weight excluding hydrogens is 448 g/mol. The molecule has 0 saturated heterocycles. The van der Waals surface area contributed by atoms with E-state index in [0.29, 0.717) is 34.6 Å². The number of rotatable bonds is 8. The Morgan fingerprint density at radius 1 is 1.09 bits per heavy atom. The topological polar surface area (TPSA) is 106 Å². The van der Waals surface area contributed by atoms with Gasteiger partial charge in [0, 0.05) is 29.2 Å². The van der Waals surface area contributed by atoms with Crippen LogP contribution in [0, 0.1) is 0 Å². The SMILES string of the molecule is CCc1ccc(NC(=O)C2SC(=NCCOC)C(C(=O)Nc3ccc(Cl)cc3)=C2N)cc1. The van der Waals surface area contributed by atoms with E-state index in [-0.39, 0.29) is 17.2 Å². The first-order valence-corrected chi connectivity index (χ1v) is 11.4. The molecule has 1 heterocycles. The fraction of sp³-hybridized carbons (Fsp3) is 0.261. The Balaban J connectivity index is 1.82. The summed E-state index contributed by atoms with van der Waals surface area (Å²) < 4.78 is 5.05. The minimum absolute atomic E-state index is 0.167. The first-order valence-electron chi connectivity index (χ1n) is 10.1. The smallest absolute Gasteiger partial charge is 0.260 e. The lowest BCUT2D eigenvalue weighted by atomic mass is 10.1. The molecule has 7 nitrogen and oxygen atoms in total. The van der Waals surface area contributed by atoms with Crippen LogP contribution >= 0.6 is 23.4 Å². The molecule has 0 radical (unpaired) electrons. The number of methoxy groups -OCH3 is 1. The van der Waals surface area contributed by atoms with Crippen molar-refractivity contribution in [1.82, 2.24) is 0 Å². The van der Waals surface area contributed by atoms with Crippen LogP contribution < -0.4 is 16.4 Å². The van der Waals surface area contributed by atoms with Crippen LogP contribution in [0.25, 0.3) is 0 Å². The minimum atomic E-state index is -0.770. The molecule has 1 atom stereocenters. The molecular formula is C23H25ClN4O3S. The molecule has 1 unspecified atom stereocenters. The number of hydrogen-bond acceptors (Lipinski definition) is 6. The number of nitrogens with two attached hydrogens (primary N) is 1. The number of benzene rings is 2. The standard InChI is InChI=1S/C23H25ClN4O3S/c1-3-14-4-8-16(9-5-14)28-22(30)20-19(25)18(23(32-20)26-12-13-31-2)21(29)27-17-10-6-15(24)7-11-17/h4-11,20H,3,12-13,25H2,1-2H3,(H,27,29)(H,28,30). The zero-order valence-electron chi connectivity index (χ0n) is 17.9.